The number of nitriles is 1. The molecule has 0 saturated heterocycles. The molecule has 0 amide bonds. The molecule has 0 atom stereocenters. The third-order valence-electron chi connectivity index (χ3n) is 3.84. The van der Waals surface area contributed by atoms with Crippen molar-refractivity contribution in [1.82, 2.24) is 8.96 Å². The summed E-state index contributed by atoms with van der Waals surface area (Å²) in [5, 5.41) is 11.9. The summed E-state index contributed by atoms with van der Waals surface area (Å²) in [5.41, 5.74) is 1.38. The summed E-state index contributed by atoms with van der Waals surface area (Å²) in [5.74, 6) is 0. The third-order valence-corrected chi connectivity index (χ3v) is 6.42. The molecule has 0 radical (unpaired) electrons. The summed E-state index contributed by atoms with van der Waals surface area (Å²) in [7, 11) is -3.82. The quantitative estimate of drug-likeness (QED) is 0.552. The van der Waals surface area contributed by atoms with E-state index in [9.17, 15) is 13.7 Å². The molecule has 0 aliphatic heterocycles. The minimum Gasteiger partial charge on any atom is -0.237 e. The molecule has 3 heterocycles. The van der Waals surface area contributed by atoms with Crippen molar-refractivity contribution < 1.29 is 8.42 Å². The van der Waals surface area contributed by atoms with Crippen molar-refractivity contribution in [3.05, 3.63) is 71.9 Å². The topological polar surface area (TPSA) is 75.8 Å². The van der Waals surface area contributed by atoms with Gasteiger partial charge in [0.05, 0.1) is 10.5 Å². The van der Waals surface area contributed by atoms with Gasteiger partial charge in [-0.2, -0.15) is 5.26 Å². The first-order valence-electron chi connectivity index (χ1n) is 7.37. The maximum Gasteiger partial charge on any atom is 0.269 e. The zero-order valence-corrected chi connectivity index (χ0v) is 14.5. The molecular weight excluding hydrogens is 354 g/mol. The first-order chi connectivity index (χ1) is 12.1. The van der Waals surface area contributed by atoms with E-state index in [0.29, 0.717) is 5.39 Å². The SMILES string of the molecule is N#Cc1cn(S(=O)(=O)c2ccccc2)c2ncc(-c3cccs3)cc12. The van der Waals surface area contributed by atoms with Gasteiger partial charge >= 0.3 is 0 Å². The number of rotatable bonds is 3. The van der Waals surface area contributed by atoms with Crippen LogP contribution in [0.3, 0.4) is 0 Å². The fourth-order valence-corrected chi connectivity index (χ4v) is 4.69. The molecule has 0 aliphatic carbocycles. The van der Waals surface area contributed by atoms with Crippen molar-refractivity contribution in [2.45, 2.75) is 4.90 Å². The standard InChI is InChI=1S/C18H11N3O2S2/c19-10-14-12-21(25(22,23)15-5-2-1-3-6-15)18-16(14)9-13(11-20-18)17-7-4-8-24-17/h1-9,11-12H. The van der Waals surface area contributed by atoms with Crippen LogP contribution in [0.5, 0.6) is 0 Å². The van der Waals surface area contributed by atoms with Crippen LogP contribution in [-0.2, 0) is 10.0 Å². The average Bonchev–Trinajstić information content (AvgIpc) is 3.30. The number of hydrogen-bond acceptors (Lipinski definition) is 5. The van der Waals surface area contributed by atoms with E-state index in [1.807, 2.05) is 23.6 Å². The monoisotopic (exact) mass is 365 g/mol. The van der Waals surface area contributed by atoms with Crippen LogP contribution in [0.25, 0.3) is 21.5 Å². The molecule has 3 aromatic heterocycles. The number of fused-ring (bicyclic) bond motifs is 1. The highest BCUT2D eigenvalue weighted by atomic mass is 32.2. The van der Waals surface area contributed by atoms with Crippen LogP contribution >= 0.6 is 11.3 Å². The van der Waals surface area contributed by atoms with Gasteiger partial charge in [-0.25, -0.2) is 17.4 Å². The van der Waals surface area contributed by atoms with Crippen molar-refractivity contribution in [3.63, 3.8) is 0 Å². The molecule has 1 aromatic carbocycles. The Morgan fingerprint density at radius 1 is 1.12 bits per heavy atom. The lowest BCUT2D eigenvalue weighted by Crippen LogP contribution is -2.12. The van der Waals surface area contributed by atoms with E-state index in [0.717, 1.165) is 14.4 Å². The van der Waals surface area contributed by atoms with Gasteiger partial charge in [-0.05, 0) is 29.6 Å². The Kier molecular flexibility index (Phi) is 3.64. The molecule has 0 N–H and O–H groups in total. The Labute approximate surface area is 148 Å². The van der Waals surface area contributed by atoms with Gasteiger partial charge in [0, 0.05) is 28.2 Å². The van der Waals surface area contributed by atoms with E-state index < -0.39 is 10.0 Å². The normalized spacial score (nSPS) is 11.5. The third kappa shape index (κ3) is 2.52. The Bertz CT molecular complexity index is 1200. The van der Waals surface area contributed by atoms with Crippen molar-refractivity contribution in [3.8, 4) is 16.5 Å². The highest BCUT2D eigenvalue weighted by Gasteiger charge is 2.22. The fraction of sp³-hybridized carbons (Fsp3) is 0. The minimum atomic E-state index is -3.82. The summed E-state index contributed by atoms with van der Waals surface area (Å²) in [4.78, 5) is 5.50. The molecule has 0 bridgehead atoms. The van der Waals surface area contributed by atoms with Crippen LogP contribution in [0.1, 0.15) is 5.56 Å². The van der Waals surface area contributed by atoms with Gasteiger partial charge in [-0.1, -0.05) is 24.3 Å². The number of aromatic nitrogens is 2. The van der Waals surface area contributed by atoms with Gasteiger partial charge in [0.15, 0.2) is 5.65 Å². The molecule has 0 aliphatic rings. The van der Waals surface area contributed by atoms with Crippen molar-refractivity contribution >= 4 is 32.4 Å². The summed E-state index contributed by atoms with van der Waals surface area (Å²) in [6.45, 7) is 0. The second-order valence-electron chi connectivity index (χ2n) is 5.34. The molecule has 4 aromatic rings. The number of pyridine rings is 1. The molecule has 0 saturated carbocycles. The van der Waals surface area contributed by atoms with E-state index in [1.165, 1.54) is 18.3 Å². The van der Waals surface area contributed by atoms with E-state index in [-0.39, 0.29) is 16.1 Å². The molecule has 0 fully saturated rings. The van der Waals surface area contributed by atoms with Crippen LogP contribution in [-0.4, -0.2) is 17.4 Å². The Hall–Kier alpha value is -2.95. The van der Waals surface area contributed by atoms with Gasteiger partial charge in [0.2, 0.25) is 0 Å². The van der Waals surface area contributed by atoms with Crippen LogP contribution in [0.4, 0.5) is 0 Å². The molecule has 5 nitrogen and oxygen atoms in total. The van der Waals surface area contributed by atoms with Gasteiger partial charge in [-0.15, -0.1) is 11.3 Å². The van der Waals surface area contributed by atoms with Gasteiger partial charge in [0.1, 0.15) is 6.07 Å². The molecule has 7 heteroatoms. The number of thiophene rings is 1. The summed E-state index contributed by atoms with van der Waals surface area (Å²) in [6.07, 6.45) is 2.96. The Morgan fingerprint density at radius 3 is 2.60 bits per heavy atom. The first kappa shape index (κ1) is 15.6. The zero-order chi connectivity index (χ0) is 17.4. The second-order valence-corrected chi connectivity index (χ2v) is 8.10. The Balaban J connectivity index is 1.97. The molecule has 122 valence electrons. The number of benzene rings is 1. The number of nitrogens with zero attached hydrogens (tertiary/aromatic N) is 3. The zero-order valence-electron chi connectivity index (χ0n) is 12.8. The predicted molar refractivity (Wildman–Crippen MR) is 96.8 cm³/mol. The lowest BCUT2D eigenvalue weighted by atomic mass is 10.1. The largest absolute Gasteiger partial charge is 0.269 e. The maximum absolute atomic E-state index is 12.9. The Morgan fingerprint density at radius 2 is 1.92 bits per heavy atom. The molecule has 0 unspecified atom stereocenters. The van der Waals surface area contributed by atoms with Gasteiger partial charge < -0.3 is 0 Å². The van der Waals surface area contributed by atoms with Crippen molar-refractivity contribution in [1.29, 1.82) is 5.26 Å². The second kappa shape index (κ2) is 5.84. The predicted octanol–water partition coefficient (Wildman–Crippen LogP) is 3.87. The molecule has 0 spiro atoms. The van der Waals surface area contributed by atoms with Crippen LogP contribution in [0.2, 0.25) is 0 Å². The highest BCUT2D eigenvalue weighted by Crippen LogP contribution is 2.30. The van der Waals surface area contributed by atoms with Gasteiger partial charge in [-0.3, -0.25) is 0 Å². The van der Waals surface area contributed by atoms with Gasteiger partial charge in [0.25, 0.3) is 10.0 Å². The van der Waals surface area contributed by atoms with Crippen LogP contribution in [0, 0.1) is 11.3 Å². The fourth-order valence-electron chi connectivity index (χ4n) is 2.64. The number of hydrogen-bond donors (Lipinski definition) is 0. The minimum absolute atomic E-state index is 0.153. The summed E-state index contributed by atoms with van der Waals surface area (Å²) >= 11 is 1.56. The van der Waals surface area contributed by atoms with Crippen molar-refractivity contribution in [2.75, 3.05) is 0 Å². The van der Waals surface area contributed by atoms with Crippen molar-refractivity contribution in [2.24, 2.45) is 0 Å². The lowest BCUT2D eigenvalue weighted by Gasteiger charge is -2.07. The van der Waals surface area contributed by atoms with E-state index in [1.54, 1.807) is 35.7 Å². The van der Waals surface area contributed by atoms with E-state index in [4.69, 9.17) is 0 Å². The molecular formula is C18H11N3O2S2. The molecule has 4 rings (SSSR count). The first-order valence-corrected chi connectivity index (χ1v) is 9.69. The van der Waals surface area contributed by atoms with E-state index >= 15 is 0 Å². The van der Waals surface area contributed by atoms with Crippen LogP contribution < -0.4 is 0 Å². The van der Waals surface area contributed by atoms with Crippen LogP contribution in [0.15, 0.2) is 71.2 Å². The summed E-state index contributed by atoms with van der Waals surface area (Å²) < 4.78 is 26.9. The molecule has 25 heavy (non-hydrogen) atoms. The summed E-state index contributed by atoms with van der Waals surface area (Å²) in [6, 6.07) is 15.9. The van der Waals surface area contributed by atoms with E-state index in [2.05, 4.69) is 11.1 Å². The average molecular weight is 365 g/mol. The highest BCUT2D eigenvalue weighted by molar-refractivity contribution is 7.90. The maximum atomic E-state index is 12.9. The lowest BCUT2D eigenvalue weighted by molar-refractivity contribution is 0.588. The smallest absolute Gasteiger partial charge is 0.237 e.